The van der Waals surface area contributed by atoms with Crippen LogP contribution in [-0.2, 0) is 14.8 Å². The van der Waals surface area contributed by atoms with Gasteiger partial charge in [0.15, 0.2) is 0 Å². The van der Waals surface area contributed by atoms with Gasteiger partial charge in [-0.2, -0.15) is 4.31 Å². The van der Waals surface area contributed by atoms with Gasteiger partial charge in [-0.3, -0.25) is 4.79 Å². The van der Waals surface area contributed by atoms with Gasteiger partial charge < -0.3 is 14.7 Å². The largest absolute Gasteiger partial charge is 0.487 e. The van der Waals surface area contributed by atoms with Crippen molar-refractivity contribution in [3.63, 3.8) is 0 Å². The molecule has 1 aromatic carbocycles. The summed E-state index contributed by atoms with van der Waals surface area (Å²) in [5, 5.41) is 9.72. The fourth-order valence-electron chi connectivity index (χ4n) is 3.81. The summed E-state index contributed by atoms with van der Waals surface area (Å²) >= 11 is 0. The van der Waals surface area contributed by atoms with E-state index in [1.807, 2.05) is 13.8 Å². The quantitative estimate of drug-likeness (QED) is 0.657. The smallest absolute Gasteiger partial charge is 0.247 e. The molecule has 32 heavy (non-hydrogen) atoms. The fraction of sp³-hybridized carbons (Fsp3) is 0.625. The number of hydrogen-bond acceptors (Lipinski definition) is 5. The Morgan fingerprint density at radius 1 is 1.38 bits per heavy atom. The van der Waals surface area contributed by atoms with Crippen molar-refractivity contribution in [3.05, 3.63) is 23.8 Å². The predicted octanol–water partition coefficient (Wildman–Crippen LogP) is 2.48. The molecule has 1 aromatic rings. The number of fused-ring (bicyclic) bond motifs is 1. The van der Waals surface area contributed by atoms with Crippen LogP contribution in [0.1, 0.15) is 52.0 Å². The van der Waals surface area contributed by atoms with E-state index in [1.165, 1.54) is 10.4 Å². The van der Waals surface area contributed by atoms with Crippen molar-refractivity contribution in [2.24, 2.45) is 11.8 Å². The Hall–Kier alpha value is -2.08. The van der Waals surface area contributed by atoms with E-state index in [9.17, 15) is 18.3 Å². The second-order valence-electron chi connectivity index (χ2n) is 8.95. The van der Waals surface area contributed by atoms with Gasteiger partial charge in [0.2, 0.25) is 15.9 Å². The van der Waals surface area contributed by atoms with Gasteiger partial charge in [-0.05, 0) is 44.4 Å². The molecule has 1 amide bonds. The van der Waals surface area contributed by atoms with Gasteiger partial charge in [-0.25, -0.2) is 8.42 Å². The number of hydrogen-bond donors (Lipinski definition) is 1. The van der Waals surface area contributed by atoms with E-state index in [0.717, 1.165) is 25.7 Å². The van der Waals surface area contributed by atoms with Crippen molar-refractivity contribution in [3.8, 4) is 17.6 Å². The molecule has 0 radical (unpaired) electrons. The van der Waals surface area contributed by atoms with E-state index in [4.69, 9.17) is 4.74 Å². The highest BCUT2D eigenvalue weighted by Gasteiger charge is 2.39. The summed E-state index contributed by atoms with van der Waals surface area (Å²) in [7, 11) is -2.11. The van der Waals surface area contributed by atoms with Crippen molar-refractivity contribution in [1.29, 1.82) is 0 Å². The van der Waals surface area contributed by atoms with Crippen molar-refractivity contribution in [1.82, 2.24) is 9.21 Å². The van der Waals surface area contributed by atoms with Crippen molar-refractivity contribution < 1.29 is 23.1 Å². The number of carbonyl (C=O) groups excluding carboxylic acids is 1. The zero-order valence-corrected chi connectivity index (χ0v) is 20.2. The Labute approximate surface area is 191 Å². The monoisotopic (exact) mass is 462 g/mol. The number of rotatable bonds is 6. The molecule has 1 N–H and O–H groups in total. The molecule has 1 aliphatic carbocycles. The Balaban J connectivity index is 2.01. The molecular formula is C24H34N2O5S. The fourth-order valence-corrected chi connectivity index (χ4v) is 5.64. The van der Waals surface area contributed by atoms with Crippen LogP contribution in [-0.4, -0.2) is 67.5 Å². The van der Waals surface area contributed by atoms with E-state index in [2.05, 4.69) is 11.8 Å². The highest BCUT2D eigenvalue weighted by atomic mass is 32.2. The average Bonchev–Trinajstić information content (AvgIpc) is 3.60. The molecule has 0 bridgehead atoms. The summed E-state index contributed by atoms with van der Waals surface area (Å²) in [4.78, 5) is 14.3. The first-order valence-corrected chi connectivity index (χ1v) is 12.8. The lowest BCUT2D eigenvalue weighted by Gasteiger charge is -2.37. The van der Waals surface area contributed by atoms with E-state index in [1.54, 1.807) is 31.0 Å². The average molecular weight is 463 g/mol. The molecule has 7 nitrogen and oxygen atoms in total. The highest BCUT2D eigenvalue weighted by Crippen LogP contribution is 2.35. The molecule has 1 aliphatic heterocycles. The van der Waals surface area contributed by atoms with Crippen LogP contribution in [0.5, 0.6) is 5.75 Å². The second kappa shape index (κ2) is 10.2. The first-order chi connectivity index (χ1) is 15.2. The van der Waals surface area contributed by atoms with Crippen molar-refractivity contribution in [2.75, 3.05) is 26.7 Å². The minimum absolute atomic E-state index is 0.0620. The first kappa shape index (κ1) is 24.6. The Morgan fingerprint density at radius 2 is 2.09 bits per heavy atom. The summed E-state index contributed by atoms with van der Waals surface area (Å²) < 4.78 is 34.6. The summed E-state index contributed by atoms with van der Waals surface area (Å²) in [6.07, 6.45) is 3.15. The summed E-state index contributed by atoms with van der Waals surface area (Å²) in [5.41, 5.74) is 0.684. The maximum atomic E-state index is 13.5. The zero-order valence-electron chi connectivity index (χ0n) is 19.4. The topological polar surface area (TPSA) is 87.2 Å². The van der Waals surface area contributed by atoms with Crippen LogP contribution >= 0.6 is 0 Å². The third-order valence-electron chi connectivity index (χ3n) is 6.03. The lowest BCUT2D eigenvalue weighted by Crippen LogP contribution is -2.50. The maximum absolute atomic E-state index is 13.5. The van der Waals surface area contributed by atoms with Gasteiger partial charge in [0.25, 0.3) is 0 Å². The molecule has 0 spiro atoms. The standard InChI is InChI=1S/C24H34N2O5S/c1-5-6-7-8-19-9-12-23-21(13-19)31-22(15-25(4)24(28)20-10-11-20)17(2)14-26(18(3)16-27)32(23,29)30/h9,12-13,17-18,20,22,27H,5-6,10-11,14-16H2,1-4H3/t17-,18+,22-/m1/s1. The zero-order chi connectivity index (χ0) is 23.5. The number of aliphatic hydroxyl groups is 1. The van der Waals surface area contributed by atoms with Gasteiger partial charge >= 0.3 is 0 Å². The molecule has 3 atom stereocenters. The summed E-state index contributed by atoms with van der Waals surface area (Å²) in [6, 6.07) is 4.31. The third kappa shape index (κ3) is 5.45. The number of amides is 1. The van der Waals surface area contributed by atoms with Gasteiger partial charge in [0.1, 0.15) is 16.7 Å². The van der Waals surface area contributed by atoms with E-state index in [-0.39, 0.29) is 41.5 Å². The minimum Gasteiger partial charge on any atom is -0.487 e. The first-order valence-electron chi connectivity index (χ1n) is 11.4. The normalized spacial score (nSPS) is 23.5. The van der Waals surface area contributed by atoms with Crippen molar-refractivity contribution in [2.45, 2.75) is 63.5 Å². The van der Waals surface area contributed by atoms with Crippen LogP contribution in [0, 0.1) is 23.7 Å². The van der Waals surface area contributed by atoms with Gasteiger partial charge in [-0.15, -0.1) is 0 Å². The van der Waals surface area contributed by atoms with E-state index < -0.39 is 22.2 Å². The molecular weight excluding hydrogens is 428 g/mol. The Kier molecular flexibility index (Phi) is 7.86. The van der Waals surface area contributed by atoms with Crippen LogP contribution in [0.3, 0.4) is 0 Å². The number of likely N-dealkylation sites (N-methyl/N-ethyl adjacent to an activating group) is 1. The summed E-state index contributed by atoms with van der Waals surface area (Å²) in [6.45, 7) is 5.93. The lowest BCUT2D eigenvalue weighted by atomic mass is 10.0. The number of aliphatic hydroxyl groups excluding tert-OH is 1. The summed E-state index contributed by atoms with van der Waals surface area (Å²) in [5.74, 6) is 6.40. The number of nitrogens with zero attached hydrogens (tertiary/aromatic N) is 2. The lowest BCUT2D eigenvalue weighted by molar-refractivity contribution is -0.132. The number of benzene rings is 1. The van der Waals surface area contributed by atoms with Crippen LogP contribution in [0.25, 0.3) is 0 Å². The molecule has 1 heterocycles. The molecule has 8 heteroatoms. The highest BCUT2D eigenvalue weighted by molar-refractivity contribution is 7.89. The molecule has 0 aromatic heterocycles. The Morgan fingerprint density at radius 3 is 2.72 bits per heavy atom. The van der Waals surface area contributed by atoms with Crippen LogP contribution in [0.15, 0.2) is 23.1 Å². The predicted molar refractivity (Wildman–Crippen MR) is 123 cm³/mol. The molecule has 176 valence electrons. The SMILES string of the molecule is CCCC#Cc1ccc2c(c1)O[C@H](CN(C)C(=O)C1CC1)[C@H](C)CN([C@@H](C)CO)S2(=O)=O. The third-order valence-corrected chi connectivity index (χ3v) is 8.05. The molecule has 3 rings (SSSR count). The molecule has 0 unspecified atom stereocenters. The van der Waals surface area contributed by atoms with Crippen molar-refractivity contribution >= 4 is 15.9 Å². The van der Waals surface area contributed by atoms with E-state index >= 15 is 0 Å². The number of carbonyl (C=O) groups is 1. The molecule has 1 saturated carbocycles. The number of sulfonamides is 1. The number of ether oxygens (including phenoxy) is 1. The van der Waals surface area contributed by atoms with E-state index in [0.29, 0.717) is 12.1 Å². The second-order valence-corrected chi connectivity index (χ2v) is 10.8. The van der Waals surface area contributed by atoms with Gasteiger partial charge in [0, 0.05) is 43.5 Å². The van der Waals surface area contributed by atoms with Crippen LogP contribution in [0.2, 0.25) is 0 Å². The van der Waals surface area contributed by atoms with Crippen LogP contribution in [0.4, 0.5) is 0 Å². The Bertz CT molecular complexity index is 993. The molecule has 2 aliphatic rings. The molecule has 1 fully saturated rings. The maximum Gasteiger partial charge on any atom is 0.247 e. The minimum atomic E-state index is -3.88. The van der Waals surface area contributed by atoms with Crippen LogP contribution < -0.4 is 4.74 Å². The molecule has 0 saturated heterocycles. The van der Waals surface area contributed by atoms with Gasteiger partial charge in [-0.1, -0.05) is 25.7 Å². The number of unbranched alkanes of at least 4 members (excludes halogenated alkanes) is 1. The van der Waals surface area contributed by atoms with Gasteiger partial charge in [0.05, 0.1) is 13.2 Å².